The second-order valence-electron chi connectivity index (χ2n) is 7.29. The number of fused-ring (bicyclic) bond motifs is 1. The third-order valence-corrected chi connectivity index (χ3v) is 5.28. The van der Waals surface area contributed by atoms with Crippen LogP contribution in [0.3, 0.4) is 0 Å². The van der Waals surface area contributed by atoms with Gasteiger partial charge in [0, 0.05) is 5.69 Å². The van der Waals surface area contributed by atoms with E-state index in [4.69, 9.17) is 4.74 Å². The van der Waals surface area contributed by atoms with E-state index in [2.05, 4.69) is 19.2 Å². The Balaban J connectivity index is 1.54. The van der Waals surface area contributed by atoms with Gasteiger partial charge in [0.1, 0.15) is 6.04 Å². The molecule has 30 heavy (non-hydrogen) atoms. The summed E-state index contributed by atoms with van der Waals surface area (Å²) in [6, 6.07) is 12.7. The molecule has 0 saturated carbocycles. The van der Waals surface area contributed by atoms with Crippen LogP contribution in [0.15, 0.2) is 48.5 Å². The lowest BCUT2D eigenvalue weighted by atomic mass is 9.99. The zero-order chi connectivity index (χ0) is 21.8. The first kappa shape index (κ1) is 21.2. The summed E-state index contributed by atoms with van der Waals surface area (Å²) in [6.07, 6.45) is 1.02. The van der Waals surface area contributed by atoms with Gasteiger partial charge in [0.2, 0.25) is 0 Å². The highest BCUT2D eigenvalue weighted by molar-refractivity contribution is 6.22. The van der Waals surface area contributed by atoms with Gasteiger partial charge in [-0.2, -0.15) is 0 Å². The fourth-order valence-electron chi connectivity index (χ4n) is 3.25. The van der Waals surface area contributed by atoms with Crippen molar-refractivity contribution in [1.29, 1.82) is 0 Å². The fourth-order valence-corrected chi connectivity index (χ4v) is 3.25. The lowest BCUT2D eigenvalue weighted by Crippen LogP contribution is -2.44. The Bertz CT molecular complexity index is 948. The minimum Gasteiger partial charge on any atom is -0.454 e. The molecule has 1 aliphatic rings. The van der Waals surface area contributed by atoms with Gasteiger partial charge in [-0.1, -0.05) is 38.1 Å². The van der Waals surface area contributed by atoms with E-state index in [0.29, 0.717) is 11.6 Å². The number of carbonyl (C=O) groups is 4. The van der Waals surface area contributed by atoms with Gasteiger partial charge in [0.15, 0.2) is 6.61 Å². The smallest absolute Gasteiger partial charge is 0.329 e. The molecule has 2 atom stereocenters. The number of imide groups is 1. The van der Waals surface area contributed by atoms with Crippen molar-refractivity contribution in [2.75, 3.05) is 11.9 Å². The topological polar surface area (TPSA) is 92.8 Å². The zero-order valence-corrected chi connectivity index (χ0v) is 17.2. The number of anilines is 1. The molecule has 0 saturated heterocycles. The third kappa shape index (κ3) is 4.25. The summed E-state index contributed by atoms with van der Waals surface area (Å²) >= 11 is 0. The van der Waals surface area contributed by atoms with Crippen molar-refractivity contribution in [3.63, 3.8) is 0 Å². The molecular formula is C23H24N2O5. The van der Waals surface area contributed by atoms with Crippen LogP contribution in [0.1, 0.15) is 59.4 Å². The first-order chi connectivity index (χ1) is 14.3. The molecule has 0 unspecified atom stereocenters. The number of benzene rings is 2. The number of nitrogens with one attached hydrogen (secondary N) is 1. The van der Waals surface area contributed by atoms with Crippen molar-refractivity contribution in [2.45, 2.75) is 39.2 Å². The maximum absolute atomic E-state index is 12.4. The summed E-state index contributed by atoms with van der Waals surface area (Å²) in [5.41, 5.74) is 2.27. The van der Waals surface area contributed by atoms with Crippen molar-refractivity contribution in [2.24, 2.45) is 0 Å². The van der Waals surface area contributed by atoms with E-state index >= 15 is 0 Å². The van der Waals surface area contributed by atoms with Gasteiger partial charge in [0.05, 0.1) is 11.1 Å². The summed E-state index contributed by atoms with van der Waals surface area (Å²) < 4.78 is 5.03. The van der Waals surface area contributed by atoms with E-state index in [1.54, 1.807) is 24.3 Å². The second kappa shape index (κ2) is 8.90. The molecule has 0 aromatic heterocycles. The third-order valence-electron chi connectivity index (χ3n) is 5.28. The number of rotatable bonds is 7. The molecule has 3 amide bonds. The summed E-state index contributed by atoms with van der Waals surface area (Å²) in [5.74, 6) is -2.00. The highest BCUT2D eigenvalue weighted by Gasteiger charge is 2.41. The highest BCUT2D eigenvalue weighted by Crippen LogP contribution is 2.25. The lowest BCUT2D eigenvalue weighted by molar-refractivity contribution is -0.150. The molecule has 3 rings (SSSR count). The van der Waals surface area contributed by atoms with Crippen LogP contribution in [-0.4, -0.2) is 41.2 Å². The molecule has 0 bridgehead atoms. The Morgan fingerprint density at radius 2 is 1.53 bits per heavy atom. The fraction of sp³-hybridized carbons (Fsp3) is 0.304. The van der Waals surface area contributed by atoms with Crippen LogP contribution in [-0.2, 0) is 14.3 Å². The monoisotopic (exact) mass is 408 g/mol. The van der Waals surface area contributed by atoms with Crippen molar-refractivity contribution < 1.29 is 23.9 Å². The summed E-state index contributed by atoms with van der Waals surface area (Å²) in [4.78, 5) is 50.2. The zero-order valence-electron chi connectivity index (χ0n) is 17.2. The van der Waals surface area contributed by atoms with Crippen LogP contribution in [0, 0.1) is 0 Å². The molecule has 0 fully saturated rings. The van der Waals surface area contributed by atoms with E-state index in [9.17, 15) is 19.2 Å². The Morgan fingerprint density at radius 3 is 2.07 bits per heavy atom. The Labute approximate surface area is 175 Å². The predicted molar refractivity (Wildman–Crippen MR) is 111 cm³/mol. The van der Waals surface area contributed by atoms with Crippen molar-refractivity contribution in [3.8, 4) is 0 Å². The molecule has 2 aromatic rings. The first-order valence-corrected chi connectivity index (χ1v) is 9.86. The standard InChI is InChI=1S/C23H24N2O5/c1-4-14(2)16-9-11-17(12-10-16)24-20(26)13-30-23(29)15(3)25-21(27)18-7-5-6-8-19(18)22(25)28/h5-12,14-15H,4,13H2,1-3H3,(H,24,26)/t14-,15-/m0/s1. The molecule has 2 aromatic carbocycles. The molecule has 156 valence electrons. The van der Waals surface area contributed by atoms with Crippen LogP contribution in [0.4, 0.5) is 5.69 Å². The van der Waals surface area contributed by atoms with Crippen LogP contribution < -0.4 is 5.32 Å². The van der Waals surface area contributed by atoms with Crippen molar-refractivity contribution >= 4 is 29.4 Å². The van der Waals surface area contributed by atoms with Gasteiger partial charge >= 0.3 is 5.97 Å². The SMILES string of the molecule is CC[C@H](C)c1ccc(NC(=O)COC(=O)[C@H](C)N2C(=O)c3ccccc3C2=O)cc1. The maximum Gasteiger partial charge on any atom is 0.329 e. The number of carbonyl (C=O) groups excluding carboxylic acids is 4. The van der Waals surface area contributed by atoms with Crippen LogP contribution in [0.5, 0.6) is 0 Å². The Hall–Kier alpha value is -3.48. The summed E-state index contributed by atoms with van der Waals surface area (Å²) in [7, 11) is 0. The van der Waals surface area contributed by atoms with Crippen molar-refractivity contribution in [1.82, 2.24) is 4.90 Å². The normalized spacial score (nSPS) is 14.8. The average Bonchev–Trinajstić information content (AvgIpc) is 3.02. The van der Waals surface area contributed by atoms with Crippen LogP contribution >= 0.6 is 0 Å². The van der Waals surface area contributed by atoms with Gasteiger partial charge in [0.25, 0.3) is 17.7 Å². The minimum atomic E-state index is -1.14. The van der Waals surface area contributed by atoms with Gasteiger partial charge in [-0.3, -0.25) is 19.3 Å². The quantitative estimate of drug-likeness (QED) is 0.560. The van der Waals surface area contributed by atoms with Gasteiger partial charge in [-0.05, 0) is 49.1 Å². The Morgan fingerprint density at radius 1 is 0.967 bits per heavy atom. The maximum atomic E-state index is 12.4. The van der Waals surface area contributed by atoms with E-state index in [1.807, 2.05) is 12.1 Å². The molecule has 1 N–H and O–H groups in total. The number of amides is 3. The largest absolute Gasteiger partial charge is 0.454 e. The van der Waals surface area contributed by atoms with E-state index < -0.39 is 36.3 Å². The van der Waals surface area contributed by atoms with Gasteiger partial charge in [-0.25, -0.2) is 4.79 Å². The number of nitrogens with zero attached hydrogens (tertiary/aromatic N) is 1. The second-order valence-corrected chi connectivity index (χ2v) is 7.29. The van der Waals surface area contributed by atoms with E-state index in [1.165, 1.54) is 24.6 Å². The summed E-state index contributed by atoms with van der Waals surface area (Å²) in [5, 5.41) is 2.66. The molecule has 0 aliphatic carbocycles. The molecule has 1 heterocycles. The Kier molecular flexibility index (Phi) is 6.30. The molecule has 7 heteroatoms. The minimum absolute atomic E-state index is 0.251. The number of hydrogen-bond acceptors (Lipinski definition) is 5. The van der Waals surface area contributed by atoms with E-state index in [-0.39, 0.29) is 11.1 Å². The molecular weight excluding hydrogens is 384 g/mol. The number of esters is 1. The molecule has 7 nitrogen and oxygen atoms in total. The van der Waals surface area contributed by atoms with Gasteiger partial charge < -0.3 is 10.1 Å². The van der Waals surface area contributed by atoms with Crippen molar-refractivity contribution in [3.05, 3.63) is 65.2 Å². The lowest BCUT2D eigenvalue weighted by Gasteiger charge is -2.20. The van der Waals surface area contributed by atoms with E-state index in [0.717, 1.165) is 11.3 Å². The molecule has 0 radical (unpaired) electrons. The summed E-state index contributed by atoms with van der Waals surface area (Å²) in [6.45, 7) is 5.12. The highest BCUT2D eigenvalue weighted by atomic mass is 16.5. The first-order valence-electron chi connectivity index (χ1n) is 9.86. The number of ether oxygens (including phenoxy) is 1. The predicted octanol–water partition coefficient (Wildman–Crippen LogP) is 3.37. The van der Waals surface area contributed by atoms with Crippen LogP contribution in [0.2, 0.25) is 0 Å². The van der Waals surface area contributed by atoms with Gasteiger partial charge in [-0.15, -0.1) is 0 Å². The number of hydrogen-bond donors (Lipinski definition) is 1. The van der Waals surface area contributed by atoms with Crippen LogP contribution in [0.25, 0.3) is 0 Å². The molecule has 0 spiro atoms. The molecule has 1 aliphatic heterocycles. The average molecular weight is 408 g/mol.